The Bertz CT molecular complexity index is 607. The third kappa shape index (κ3) is 4.28. The van der Waals surface area contributed by atoms with E-state index < -0.39 is 10.0 Å². The Morgan fingerprint density at radius 1 is 1.24 bits per heavy atom. The van der Waals surface area contributed by atoms with Crippen molar-refractivity contribution >= 4 is 10.0 Å². The van der Waals surface area contributed by atoms with E-state index in [9.17, 15) is 8.42 Å². The molecule has 4 nitrogen and oxygen atoms in total. The van der Waals surface area contributed by atoms with Gasteiger partial charge in [-0.1, -0.05) is 13.0 Å². The Labute approximate surface area is 128 Å². The molecule has 1 atom stereocenters. The lowest BCUT2D eigenvalue weighted by molar-refractivity contribution is 0.555. The van der Waals surface area contributed by atoms with Gasteiger partial charge in [0.2, 0.25) is 10.0 Å². The highest BCUT2D eigenvalue weighted by Gasteiger charge is 2.22. The predicted octanol–water partition coefficient (Wildman–Crippen LogP) is 2.63. The zero-order valence-electron chi connectivity index (χ0n) is 13.4. The van der Waals surface area contributed by atoms with Crippen LogP contribution in [0.15, 0.2) is 17.0 Å². The predicted molar refractivity (Wildman–Crippen MR) is 85.9 cm³/mol. The molecular formula is C16H26N2O2S. The lowest BCUT2D eigenvalue weighted by Crippen LogP contribution is -2.32. The molecule has 0 bridgehead atoms. The maximum Gasteiger partial charge on any atom is 0.241 e. The van der Waals surface area contributed by atoms with Crippen molar-refractivity contribution in [3.8, 4) is 0 Å². The van der Waals surface area contributed by atoms with Crippen LogP contribution in [0.25, 0.3) is 0 Å². The normalized spacial score (nSPS) is 17.0. The first-order chi connectivity index (χ1) is 9.83. The van der Waals surface area contributed by atoms with Crippen molar-refractivity contribution in [1.82, 2.24) is 10.0 Å². The van der Waals surface area contributed by atoms with Gasteiger partial charge in [-0.05, 0) is 62.8 Å². The molecule has 5 heteroatoms. The highest BCUT2D eigenvalue weighted by molar-refractivity contribution is 7.89. The fourth-order valence-corrected chi connectivity index (χ4v) is 3.91. The number of nitrogens with one attached hydrogen (secondary N) is 2. The van der Waals surface area contributed by atoms with Gasteiger partial charge in [-0.3, -0.25) is 0 Å². The number of aryl methyl sites for hydroxylation is 2. The molecule has 1 unspecified atom stereocenters. The zero-order chi connectivity index (χ0) is 15.6. The Hall–Kier alpha value is -0.910. The van der Waals surface area contributed by atoms with E-state index in [-0.39, 0.29) is 6.04 Å². The molecule has 0 heterocycles. The van der Waals surface area contributed by atoms with Gasteiger partial charge in [0.1, 0.15) is 0 Å². The minimum Gasteiger partial charge on any atom is -0.310 e. The van der Waals surface area contributed by atoms with Crippen molar-refractivity contribution in [3.05, 3.63) is 28.8 Å². The van der Waals surface area contributed by atoms with E-state index in [0.717, 1.165) is 29.7 Å². The maximum absolute atomic E-state index is 12.5. The Morgan fingerprint density at radius 3 is 2.48 bits per heavy atom. The van der Waals surface area contributed by atoms with Crippen LogP contribution in [0.3, 0.4) is 0 Å². The molecule has 1 fully saturated rings. The molecule has 1 aliphatic rings. The summed E-state index contributed by atoms with van der Waals surface area (Å²) in [5.41, 5.74) is 3.01. The molecule has 118 valence electrons. The zero-order valence-corrected chi connectivity index (χ0v) is 14.2. The van der Waals surface area contributed by atoms with Crippen LogP contribution in [0.2, 0.25) is 0 Å². The van der Waals surface area contributed by atoms with E-state index in [1.54, 1.807) is 0 Å². The fourth-order valence-electron chi connectivity index (χ4n) is 2.31. The monoisotopic (exact) mass is 310 g/mol. The molecule has 0 aromatic heterocycles. The SMILES string of the molecule is CCC(C)NS(=O)(=O)c1cc(CNC2CC2)c(C)cc1C. The third-order valence-corrected chi connectivity index (χ3v) is 5.78. The molecule has 1 aromatic rings. The van der Waals surface area contributed by atoms with Gasteiger partial charge in [0.05, 0.1) is 4.90 Å². The van der Waals surface area contributed by atoms with Crippen LogP contribution in [0.1, 0.15) is 49.8 Å². The summed E-state index contributed by atoms with van der Waals surface area (Å²) in [6, 6.07) is 4.35. The summed E-state index contributed by atoms with van der Waals surface area (Å²) in [5, 5.41) is 3.45. The van der Waals surface area contributed by atoms with E-state index >= 15 is 0 Å². The first-order valence-corrected chi connectivity index (χ1v) is 9.17. The van der Waals surface area contributed by atoms with Crippen LogP contribution >= 0.6 is 0 Å². The van der Waals surface area contributed by atoms with Gasteiger partial charge < -0.3 is 5.32 Å². The molecule has 0 radical (unpaired) electrons. The second-order valence-electron chi connectivity index (χ2n) is 6.13. The lowest BCUT2D eigenvalue weighted by Gasteiger charge is -2.16. The molecule has 1 saturated carbocycles. The fraction of sp³-hybridized carbons (Fsp3) is 0.625. The smallest absolute Gasteiger partial charge is 0.241 e. The van der Waals surface area contributed by atoms with E-state index in [0.29, 0.717) is 10.9 Å². The Kier molecular flexibility index (Phi) is 5.07. The molecule has 1 aromatic carbocycles. The summed E-state index contributed by atoms with van der Waals surface area (Å²) in [5.74, 6) is 0. The van der Waals surface area contributed by atoms with Crippen molar-refractivity contribution in [1.29, 1.82) is 0 Å². The molecule has 21 heavy (non-hydrogen) atoms. The molecule has 0 amide bonds. The van der Waals surface area contributed by atoms with Crippen molar-refractivity contribution in [3.63, 3.8) is 0 Å². The Morgan fingerprint density at radius 2 is 1.90 bits per heavy atom. The summed E-state index contributed by atoms with van der Waals surface area (Å²) in [6.45, 7) is 8.49. The average Bonchev–Trinajstić information content (AvgIpc) is 3.20. The van der Waals surface area contributed by atoms with Crippen molar-refractivity contribution in [2.75, 3.05) is 0 Å². The van der Waals surface area contributed by atoms with Gasteiger partial charge in [0, 0.05) is 18.6 Å². The molecule has 0 spiro atoms. The van der Waals surface area contributed by atoms with Gasteiger partial charge in [0.25, 0.3) is 0 Å². The number of benzene rings is 1. The maximum atomic E-state index is 12.5. The van der Waals surface area contributed by atoms with Crippen LogP contribution in [-0.2, 0) is 16.6 Å². The van der Waals surface area contributed by atoms with Gasteiger partial charge in [-0.15, -0.1) is 0 Å². The van der Waals surface area contributed by atoms with E-state index in [2.05, 4.69) is 10.0 Å². The summed E-state index contributed by atoms with van der Waals surface area (Å²) < 4.78 is 27.7. The number of sulfonamides is 1. The second-order valence-corrected chi connectivity index (χ2v) is 7.81. The second kappa shape index (κ2) is 6.46. The standard InChI is InChI=1S/C16H26N2O2S/c1-5-13(4)18-21(19,20)16-9-14(10-17-15-6-7-15)11(2)8-12(16)3/h8-9,13,15,17-18H,5-7,10H2,1-4H3. The Balaban J connectivity index is 2.26. The van der Waals surface area contributed by atoms with Gasteiger partial charge in [-0.2, -0.15) is 0 Å². The molecule has 1 aliphatic carbocycles. The van der Waals surface area contributed by atoms with Gasteiger partial charge in [-0.25, -0.2) is 13.1 Å². The first-order valence-electron chi connectivity index (χ1n) is 7.69. The van der Waals surface area contributed by atoms with Crippen LogP contribution in [0.4, 0.5) is 0 Å². The van der Waals surface area contributed by atoms with E-state index in [1.165, 1.54) is 12.8 Å². The highest BCUT2D eigenvalue weighted by atomic mass is 32.2. The van der Waals surface area contributed by atoms with Crippen LogP contribution in [0, 0.1) is 13.8 Å². The molecule has 2 rings (SSSR count). The number of rotatable bonds is 7. The van der Waals surface area contributed by atoms with Crippen LogP contribution < -0.4 is 10.0 Å². The van der Waals surface area contributed by atoms with Gasteiger partial charge >= 0.3 is 0 Å². The van der Waals surface area contributed by atoms with E-state index in [1.807, 2.05) is 39.8 Å². The largest absolute Gasteiger partial charge is 0.310 e. The van der Waals surface area contributed by atoms with Crippen molar-refractivity contribution < 1.29 is 8.42 Å². The highest BCUT2D eigenvalue weighted by Crippen LogP contribution is 2.23. The van der Waals surface area contributed by atoms with Crippen LogP contribution in [0.5, 0.6) is 0 Å². The van der Waals surface area contributed by atoms with Gasteiger partial charge in [0.15, 0.2) is 0 Å². The molecule has 0 saturated heterocycles. The van der Waals surface area contributed by atoms with Crippen LogP contribution in [-0.4, -0.2) is 20.5 Å². The minimum absolute atomic E-state index is 0.0521. The molecular weight excluding hydrogens is 284 g/mol. The first kappa shape index (κ1) is 16.5. The van der Waals surface area contributed by atoms with Crippen molar-refractivity contribution in [2.24, 2.45) is 0 Å². The summed E-state index contributed by atoms with van der Waals surface area (Å²) >= 11 is 0. The third-order valence-electron chi connectivity index (χ3n) is 4.05. The topological polar surface area (TPSA) is 58.2 Å². The summed E-state index contributed by atoms with van der Waals surface area (Å²) in [7, 11) is -3.44. The number of hydrogen-bond donors (Lipinski definition) is 2. The summed E-state index contributed by atoms with van der Waals surface area (Å²) in [6.07, 6.45) is 3.23. The average molecular weight is 310 g/mol. The van der Waals surface area contributed by atoms with E-state index in [4.69, 9.17) is 0 Å². The molecule has 0 aliphatic heterocycles. The minimum atomic E-state index is -3.44. The quantitative estimate of drug-likeness (QED) is 0.814. The molecule has 2 N–H and O–H groups in total. The lowest BCUT2D eigenvalue weighted by atomic mass is 10.1. The summed E-state index contributed by atoms with van der Waals surface area (Å²) in [4.78, 5) is 0.404. The number of hydrogen-bond acceptors (Lipinski definition) is 3. The van der Waals surface area contributed by atoms with Crippen molar-refractivity contribution in [2.45, 2.75) is 70.5 Å².